The van der Waals surface area contributed by atoms with Gasteiger partial charge in [-0.3, -0.25) is 0 Å². The second-order valence-corrected chi connectivity index (χ2v) is 23.1. The van der Waals surface area contributed by atoms with Gasteiger partial charge in [0, 0.05) is 29.0 Å². The maximum Gasteiger partial charge on any atom is 0 e. The normalized spacial score (nSPS) is 12.3. The van der Waals surface area contributed by atoms with Crippen molar-refractivity contribution in [2.45, 2.75) is 37.5 Å². The molecule has 0 aliphatic heterocycles. The van der Waals surface area contributed by atoms with Crippen LogP contribution in [0.4, 0.5) is 0 Å². The first-order valence-electron chi connectivity index (χ1n) is 16.2. The molecule has 4 heteroatoms. The van der Waals surface area contributed by atoms with Crippen molar-refractivity contribution in [3.63, 3.8) is 0 Å². The Morgan fingerprint density at radius 3 is 1.89 bits per heavy atom. The van der Waals surface area contributed by atoms with E-state index < -0.39 is 19.6 Å². The molecule has 0 saturated heterocycles. The molecular weight excluding hydrogens is 785 g/mol. The van der Waals surface area contributed by atoms with Crippen LogP contribution in [0.1, 0.15) is 22.2 Å². The monoisotopic (exact) mass is 827 g/mol. The summed E-state index contributed by atoms with van der Waals surface area (Å²) in [5.41, 5.74) is 4.35. The van der Waals surface area contributed by atoms with Crippen LogP contribution in [-0.4, -0.2) is 23.2 Å². The van der Waals surface area contributed by atoms with Gasteiger partial charge in [-0.25, -0.2) is 0 Å². The Labute approximate surface area is 286 Å². The zero-order valence-corrected chi connectivity index (χ0v) is 30.8. The van der Waals surface area contributed by atoms with Gasteiger partial charge >= 0.3 is 99.8 Å². The average molecular weight is 826 g/mol. The number of hydrogen-bond donors (Lipinski definition) is 0. The van der Waals surface area contributed by atoms with Gasteiger partial charge in [0.05, 0.1) is 0 Å². The molecule has 0 bridgehead atoms. The summed E-state index contributed by atoms with van der Waals surface area (Å²) in [7, 11) is 0. The van der Waals surface area contributed by atoms with E-state index in [9.17, 15) is 0 Å². The fourth-order valence-corrected chi connectivity index (χ4v) is 7.71. The van der Waals surface area contributed by atoms with Gasteiger partial charge in [0.2, 0.25) is 0 Å². The molecule has 2 aromatic heterocycles. The first-order valence-corrected chi connectivity index (χ1v) is 22.5. The van der Waals surface area contributed by atoms with Gasteiger partial charge in [-0.05, 0) is 40.2 Å². The molecule has 0 spiro atoms. The Morgan fingerprint density at radius 2 is 1.31 bits per heavy atom. The zero-order valence-electron chi connectivity index (χ0n) is 28.4. The van der Waals surface area contributed by atoms with Gasteiger partial charge in [-0.1, -0.05) is 90.2 Å². The first kappa shape index (κ1) is 30.0. The molecule has 0 N–H and O–H groups in total. The van der Waals surface area contributed by atoms with Crippen molar-refractivity contribution in [2.75, 3.05) is 0 Å². The standard InChI is InChI=1S/C27H22N.C14H16GeN.Ir/c1-18(2)15-19-13-14-28-27(16-19)20-11-12-25-23-9-4-3-7-21(23)22-8-5-6-10-24(22)26(25)17-20;1-15(2,3)13-9-10-14(16-11-13)12-7-5-4-6-8-12;/h3-10,12-14,16-18H,15H2,1-2H3;4-7,9-11H,1-3H3;/q2*-1;/i15D2;;. The summed E-state index contributed by atoms with van der Waals surface area (Å²) < 4.78 is 18.3. The number of hydrogen-bond acceptors (Lipinski definition) is 2. The first-order chi connectivity index (χ1) is 22.0. The van der Waals surface area contributed by atoms with Gasteiger partial charge in [0.25, 0.3) is 0 Å². The summed E-state index contributed by atoms with van der Waals surface area (Å²) in [5, 5.41) is 7.23. The number of aromatic nitrogens is 2. The van der Waals surface area contributed by atoms with Crippen LogP contribution in [0.3, 0.4) is 0 Å². The van der Waals surface area contributed by atoms with Crippen molar-refractivity contribution in [3.8, 4) is 22.5 Å². The quantitative estimate of drug-likeness (QED) is 0.0982. The van der Waals surface area contributed by atoms with Crippen LogP contribution in [0.2, 0.25) is 17.3 Å². The third-order valence-electron chi connectivity index (χ3n) is 7.78. The van der Waals surface area contributed by atoms with E-state index in [1.165, 1.54) is 31.3 Å². The van der Waals surface area contributed by atoms with E-state index in [1.54, 1.807) is 12.3 Å². The van der Waals surface area contributed by atoms with Crippen molar-refractivity contribution < 1.29 is 22.8 Å². The maximum absolute atomic E-state index is 8.44. The van der Waals surface area contributed by atoms with E-state index in [4.69, 9.17) is 2.74 Å². The topological polar surface area (TPSA) is 25.8 Å². The molecule has 45 heavy (non-hydrogen) atoms. The number of rotatable bonds is 5. The van der Waals surface area contributed by atoms with Crippen molar-refractivity contribution in [3.05, 3.63) is 139 Å². The van der Waals surface area contributed by atoms with Gasteiger partial charge < -0.3 is 4.98 Å². The third-order valence-corrected chi connectivity index (χ3v) is 12.0. The minimum absolute atomic E-state index is 0. The summed E-state index contributed by atoms with van der Waals surface area (Å²) in [6, 6.07) is 43.7. The summed E-state index contributed by atoms with van der Waals surface area (Å²) in [6.07, 6.45) is 2.33. The van der Waals surface area contributed by atoms with Crippen LogP contribution in [0.5, 0.6) is 0 Å². The maximum atomic E-state index is 8.44. The number of nitrogens with zero attached hydrogens (tertiary/aromatic N) is 2. The van der Waals surface area contributed by atoms with Crippen LogP contribution in [0.15, 0.2) is 122 Å². The summed E-state index contributed by atoms with van der Waals surface area (Å²) in [5.74, 6) is 7.02. The third kappa shape index (κ3) is 7.44. The number of pyridine rings is 2. The summed E-state index contributed by atoms with van der Waals surface area (Å²) >= 11 is -1.72. The molecule has 227 valence electrons. The molecule has 0 unspecified atom stereocenters. The molecule has 0 atom stereocenters. The molecule has 1 radical (unpaired) electrons. The molecule has 0 amide bonds. The smallest absolute Gasteiger partial charge is 0 e. The molecule has 2 heterocycles. The predicted molar refractivity (Wildman–Crippen MR) is 191 cm³/mol. The fraction of sp³-hybridized carbons (Fsp3) is 0.171. The van der Waals surface area contributed by atoms with Gasteiger partial charge in [-0.2, -0.15) is 0 Å². The average Bonchev–Trinajstić information content (AvgIpc) is 3.08. The van der Waals surface area contributed by atoms with Crippen molar-refractivity contribution >= 4 is 50.0 Å². The summed E-state index contributed by atoms with van der Waals surface area (Å²) in [6.45, 7) is 3.80. The minimum Gasteiger partial charge on any atom is 0 e. The second-order valence-electron chi connectivity index (χ2n) is 12.5. The van der Waals surface area contributed by atoms with E-state index in [0.29, 0.717) is 5.56 Å². The second kappa shape index (κ2) is 14.2. The zero-order chi connectivity index (χ0) is 32.5. The Balaban J connectivity index is 0.000000217. The van der Waals surface area contributed by atoms with E-state index >= 15 is 0 Å². The SMILES string of the molecule is [2H]C([2H])(c1ccnc(-c2[c-]cc3c4ccccc4c4ccccc4c3c2)c1)C(C)C.[CH3][Ge]([CH3])([CH3])[c]1ccc(-c2[c-]cccc2)nc1.[Ir]. The van der Waals surface area contributed by atoms with Crippen LogP contribution in [0, 0.1) is 18.1 Å². The summed E-state index contributed by atoms with van der Waals surface area (Å²) in [4.78, 5) is 9.06. The molecular formula is C41H38GeIrN2-2. The number of fused-ring (bicyclic) bond motifs is 6. The van der Waals surface area contributed by atoms with Crippen LogP contribution >= 0.6 is 0 Å². The van der Waals surface area contributed by atoms with E-state index in [1.807, 2.05) is 56.4 Å². The van der Waals surface area contributed by atoms with Crippen LogP contribution < -0.4 is 4.40 Å². The Kier molecular flexibility index (Phi) is 9.49. The van der Waals surface area contributed by atoms with Gasteiger partial charge in [-0.15, -0.1) is 23.8 Å². The van der Waals surface area contributed by atoms with Crippen molar-refractivity contribution in [1.82, 2.24) is 9.97 Å². The molecule has 5 aromatic carbocycles. The Hall–Kier alpha value is -3.63. The van der Waals surface area contributed by atoms with Crippen LogP contribution in [-0.2, 0) is 26.5 Å². The molecule has 0 aliphatic carbocycles. The molecule has 0 aliphatic rings. The van der Waals surface area contributed by atoms with Crippen LogP contribution in [0.25, 0.3) is 54.8 Å². The molecule has 7 rings (SSSR count). The van der Waals surface area contributed by atoms with E-state index in [0.717, 1.165) is 27.9 Å². The molecule has 7 aromatic rings. The largest absolute Gasteiger partial charge is 0 e. The molecule has 2 nitrogen and oxygen atoms in total. The Bertz CT molecular complexity index is 2110. The van der Waals surface area contributed by atoms with Gasteiger partial charge in [0.1, 0.15) is 0 Å². The Morgan fingerprint density at radius 1 is 0.667 bits per heavy atom. The minimum atomic E-state index is -1.72. The fourth-order valence-electron chi connectivity index (χ4n) is 5.54. The van der Waals surface area contributed by atoms with Gasteiger partial charge in [0.15, 0.2) is 0 Å². The van der Waals surface area contributed by atoms with E-state index in [2.05, 4.69) is 106 Å². The van der Waals surface area contributed by atoms with Crippen molar-refractivity contribution in [1.29, 1.82) is 0 Å². The molecule has 0 saturated carbocycles. The predicted octanol–water partition coefficient (Wildman–Crippen LogP) is 10.3. The number of benzene rings is 5. The van der Waals surface area contributed by atoms with Crippen molar-refractivity contribution in [2.24, 2.45) is 5.92 Å². The van der Waals surface area contributed by atoms with E-state index in [-0.39, 0.29) is 26.0 Å². The molecule has 0 fully saturated rings.